The number of aliphatic carboxylic acids is 2. The molecule has 3 atom stereocenters. The van der Waals surface area contributed by atoms with E-state index in [1.807, 2.05) is 0 Å². The van der Waals surface area contributed by atoms with Crippen molar-refractivity contribution in [2.24, 2.45) is 11.8 Å². The summed E-state index contributed by atoms with van der Waals surface area (Å²) in [4.78, 5) is 21.4. The van der Waals surface area contributed by atoms with E-state index < -0.39 is 29.9 Å². The Bertz CT molecular complexity index is 306. The quantitative estimate of drug-likeness (QED) is 0.593. The second kappa shape index (κ2) is 2.48. The van der Waals surface area contributed by atoms with Gasteiger partial charge in [0, 0.05) is 0 Å². The molecule has 13 heavy (non-hydrogen) atoms. The normalized spacial score (nSPS) is 35.4. The van der Waals surface area contributed by atoms with Crippen LogP contribution in [0.5, 0.6) is 0 Å². The summed E-state index contributed by atoms with van der Waals surface area (Å²) in [5.41, 5.74) is 0. The molecule has 0 bridgehead atoms. The Morgan fingerprint density at radius 2 is 2.08 bits per heavy atom. The van der Waals surface area contributed by atoms with Crippen molar-refractivity contribution in [1.82, 2.24) is 0 Å². The van der Waals surface area contributed by atoms with Crippen LogP contribution in [0.3, 0.4) is 0 Å². The fourth-order valence-electron chi connectivity index (χ4n) is 1.68. The Morgan fingerprint density at radius 3 is 2.62 bits per heavy atom. The highest BCUT2D eigenvalue weighted by molar-refractivity contribution is 5.82. The lowest BCUT2D eigenvalue weighted by atomic mass is 9.83. The number of ether oxygens (including phenoxy) is 1. The largest absolute Gasteiger partial charge is 0.482 e. The summed E-state index contributed by atoms with van der Waals surface area (Å²) >= 11 is 0. The smallest absolute Gasteiger partial charge is 0.311 e. The molecule has 1 heterocycles. The Hall–Kier alpha value is -1.52. The molecule has 1 fully saturated rings. The van der Waals surface area contributed by atoms with Gasteiger partial charge in [-0.3, -0.25) is 9.59 Å². The van der Waals surface area contributed by atoms with E-state index in [1.54, 1.807) is 6.08 Å². The number of hydrogen-bond acceptors (Lipinski definition) is 3. The van der Waals surface area contributed by atoms with Crippen LogP contribution in [0.15, 0.2) is 11.8 Å². The van der Waals surface area contributed by atoms with Crippen LogP contribution in [-0.4, -0.2) is 28.3 Å². The van der Waals surface area contributed by atoms with E-state index in [9.17, 15) is 9.59 Å². The summed E-state index contributed by atoms with van der Waals surface area (Å²) in [6, 6.07) is 0. The van der Waals surface area contributed by atoms with E-state index in [-0.39, 0.29) is 6.42 Å². The first-order valence-electron chi connectivity index (χ1n) is 3.93. The van der Waals surface area contributed by atoms with E-state index in [4.69, 9.17) is 14.9 Å². The number of epoxide rings is 1. The molecular formula is C8H8O5. The first kappa shape index (κ1) is 8.10. The van der Waals surface area contributed by atoms with Crippen LogP contribution >= 0.6 is 0 Å². The summed E-state index contributed by atoms with van der Waals surface area (Å²) in [6.45, 7) is 0. The van der Waals surface area contributed by atoms with Gasteiger partial charge in [0.1, 0.15) is 11.7 Å². The number of carboxylic acids is 2. The second-order valence-corrected chi connectivity index (χ2v) is 3.19. The van der Waals surface area contributed by atoms with Gasteiger partial charge in [0.25, 0.3) is 0 Å². The van der Waals surface area contributed by atoms with E-state index in [2.05, 4.69) is 0 Å². The first-order chi connectivity index (χ1) is 6.11. The van der Waals surface area contributed by atoms with Crippen molar-refractivity contribution in [2.45, 2.75) is 12.5 Å². The Morgan fingerprint density at radius 1 is 1.38 bits per heavy atom. The van der Waals surface area contributed by atoms with Crippen LogP contribution < -0.4 is 0 Å². The third-order valence-electron chi connectivity index (χ3n) is 2.42. The van der Waals surface area contributed by atoms with Crippen molar-refractivity contribution in [2.75, 3.05) is 0 Å². The molecule has 5 nitrogen and oxygen atoms in total. The molecule has 0 saturated carbocycles. The summed E-state index contributed by atoms with van der Waals surface area (Å²) in [7, 11) is 0. The molecule has 0 radical (unpaired) electrons. The lowest BCUT2D eigenvalue weighted by Crippen LogP contribution is -2.34. The number of hydrogen-bond donors (Lipinski definition) is 2. The van der Waals surface area contributed by atoms with Gasteiger partial charge in [-0.05, 0) is 12.5 Å². The maximum atomic E-state index is 10.7. The van der Waals surface area contributed by atoms with Gasteiger partial charge < -0.3 is 14.9 Å². The van der Waals surface area contributed by atoms with Crippen molar-refractivity contribution in [3.63, 3.8) is 0 Å². The molecule has 1 aliphatic carbocycles. The lowest BCUT2D eigenvalue weighted by Gasteiger charge is -2.17. The Balaban J connectivity index is 2.24. The molecular weight excluding hydrogens is 176 g/mol. The van der Waals surface area contributed by atoms with Crippen LogP contribution in [0.4, 0.5) is 0 Å². The third kappa shape index (κ3) is 1.16. The zero-order chi connectivity index (χ0) is 9.59. The summed E-state index contributed by atoms with van der Waals surface area (Å²) in [6.07, 6.45) is 1.41. The molecule has 0 aromatic rings. The highest BCUT2D eigenvalue weighted by atomic mass is 16.6. The first-order valence-corrected chi connectivity index (χ1v) is 3.93. The van der Waals surface area contributed by atoms with Gasteiger partial charge in [-0.25, -0.2) is 0 Å². The molecule has 0 spiro atoms. The number of rotatable bonds is 2. The van der Waals surface area contributed by atoms with Crippen molar-refractivity contribution in [3.05, 3.63) is 11.8 Å². The fourth-order valence-corrected chi connectivity index (χ4v) is 1.68. The molecule has 1 saturated heterocycles. The maximum Gasteiger partial charge on any atom is 0.311 e. The predicted octanol–water partition coefficient (Wildman–Crippen LogP) is 0.0744. The second-order valence-electron chi connectivity index (χ2n) is 3.19. The van der Waals surface area contributed by atoms with Gasteiger partial charge in [0.05, 0.1) is 5.92 Å². The number of carboxylic acid groups (broad SMARTS) is 2. The molecule has 1 aliphatic heterocycles. The van der Waals surface area contributed by atoms with Gasteiger partial charge in [-0.2, -0.15) is 0 Å². The molecule has 5 heteroatoms. The zero-order valence-electron chi connectivity index (χ0n) is 6.64. The molecule has 2 aliphatic rings. The summed E-state index contributed by atoms with van der Waals surface area (Å²) in [5, 5.41) is 17.5. The predicted molar refractivity (Wildman–Crippen MR) is 39.8 cm³/mol. The standard InChI is InChI=1S/C8H8O5/c9-7(10)3-1-2-4-6(13-4)5(3)8(11)12/h2-3,5-6H,1H2,(H,9,10)(H,11,12). The van der Waals surface area contributed by atoms with Crippen LogP contribution in [0.2, 0.25) is 0 Å². The topological polar surface area (TPSA) is 87.1 Å². The van der Waals surface area contributed by atoms with E-state index in [0.29, 0.717) is 5.76 Å². The molecule has 2 N–H and O–H groups in total. The molecule has 0 amide bonds. The van der Waals surface area contributed by atoms with E-state index in [0.717, 1.165) is 0 Å². The fraction of sp³-hybridized carbons (Fsp3) is 0.500. The van der Waals surface area contributed by atoms with Crippen molar-refractivity contribution in [1.29, 1.82) is 0 Å². The Kier molecular flexibility index (Phi) is 1.55. The minimum Gasteiger partial charge on any atom is -0.482 e. The average Bonchev–Trinajstić information content (AvgIpc) is 2.79. The number of fused-ring (bicyclic) bond motifs is 1. The molecule has 0 aromatic carbocycles. The third-order valence-corrected chi connectivity index (χ3v) is 2.42. The number of allylic oxidation sites excluding steroid dienone is 1. The monoisotopic (exact) mass is 184 g/mol. The average molecular weight is 184 g/mol. The van der Waals surface area contributed by atoms with Crippen LogP contribution in [0.1, 0.15) is 6.42 Å². The number of carbonyl (C=O) groups is 2. The Labute approximate surface area is 73.6 Å². The zero-order valence-corrected chi connectivity index (χ0v) is 6.64. The van der Waals surface area contributed by atoms with Crippen LogP contribution in [0.25, 0.3) is 0 Å². The van der Waals surface area contributed by atoms with Crippen LogP contribution in [-0.2, 0) is 14.3 Å². The highest BCUT2D eigenvalue weighted by Crippen LogP contribution is 2.43. The van der Waals surface area contributed by atoms with Gasteiger partial charge in [0.15, 0.2) is 6.10 Å². The van der Waals surface area contributed by atoms with E-state index in [1.165, 1.54) is 0 Å². The van der Waals surface area contributed by atoms with Crippen molar-refractivity contribution >= 4 is 11.9 Å². The SMILES string of the molecule is O=C(O)C1CC=C2OC2C1C(=O)O. The van der Waals surface area contributed by atoms with Gasteiger partial charge >= 0.3 is 11.9 Å². The van der Waals surface area contributed by atoms with Crippen molar-refractivity contribution in [3.8, 4) is 0 Å². The minimum absolute atomic E-state index is 0.248. The molecule has 0 aromatic heterocycles. The molecule has 2 rings (SSSR count). The minimum atomic E-state index is -1.10. The highest BCUT2D eigenvalue weighted by Gasteiger charge is 2.53. The van der Waals surface area contributed by atoms with Crippen LogP contribution in [0, 0.1) is 11.8 Å². The van der Waals surface area contributed by atoms with Gasteiger partial charge in [-0.15, -0.1) is 0 Å². The summed E-state index contributed by atoms with van der Waals surface area (Å²) in [5.74, 6) is -3.31. The lowest BCUT2D eigenvalue weighted by molar-refractivity contribution is -0.154. The van der Waals surface area contributed by atoms with Crippen molar-refractivity contribution < 1.29 is 24.5 Å². The van der Waals surface area contributed by atoms with Gasteiger partial charge in [-0.1, -0.05) is 0 Å². The maximum absolute atomic E-state index is 10.7. The van der Waals surface area contributed by atoms with E-state index >= 15 is 0 Å². The molecule has 70 valence electrons. The van der Waals surface area contributed by atoms with Gasteiger partial charge in [0.2, 0.25) is 0 Å². The summed E-state index contributed by atoms with van der Waals surface area (Å²) < 4.78 is 4.95. The molecule has 3 unspecified atom stereocenters.